The minimum Gasteiger partial charge on any atom is -0.0622 e. The van der Waals surface area contributed by atoms with Crippen LogP contribution in [0.1, 0.15) is 33.4 Å². The van der Waals surface area contributed by atoms with Crippen LogP contribution in [0.3, 0.4) is 0 Å². The van der Waals surface area contributed by atoms with E-state index in [2.05, 4.69) is 206 Å². The second-order valence-corrected chi connectivity index (χ2v) is 12.4. The van der Waals surface area contributed by atoms with E-state index in [1.165, 1.54) is 43.8 Å². The number of hydrogen-bond donors (Lipinski definition) is 0. The first-order valence-electron chi connectivity index (χ1n) is 16.8. The lowest BCUT2D eigenvalue weighted by molar-refractivity contribution is 1.59. The molecule has 0 aliphatic heterocycles. The first kappa shape index (κ1) is 30.5. The summed E-state index contributed by atoms with van der Waals surface area (Å²) in [7, 11) is 0. The number of hydrogen-bond acceptors (Lipinski definition) is 0. The van der Waals surface area contributed by atoms with Gasteiger partial charge in [-0.2, -0.15) is 0 Å². The molecule has 0 aliphatic carbocycles. The first-order valence-corrected chi connectivity index (χ1v) is 16.8. The fourth-order valence-corrected chi connectivity index (χ4v) is 6.13. The highest BCUT2D eigenvalue weighted by atomic mass is 14.0. The van der Waals surface area contributed by atoms with Crippen molar-refractivity contribution in [3.05, 3.63) is 215 Å². The van der Waals surface area contributed by atoms with Gasteiger partial charge in [-0.25, -0.2) is 0 Å². The zero-order chi connectivity index (χ0) is 33.5. The van der Waals surface area contributed by atoms with Gasteiger partial charge in [0.15, 0.2) is 0 Å². The minimum atomic E-state index is 1.01. The van der Waals surface area contributed by atoms with Crippen LogP contribution in [0.4, 0.5) is 0 Å². The highest BCUT2D eigenvalue weighted by molar-refractivity contribution is 5.89. The SMILES string of the molecule is C(#Cc1ccc2cc(C=Cc3ccc4cc(C#Cc5ccc(-c6ccccc6)cc5)ccc4c3)ccc2c1)c1ccc(-c2ccccc2)cc1. The Morgan fingerprint density at radius 1 is 0.260 bits per heavy atom. The summed E-state index contributed by atoms with van der Waals surface area (Å²) >= 11 is 0. The zero-order valence-electron chi connectivity index (χ0n) is 27.5. The maximum absolute atomic E-state index is 3.34. The van der Waals surface area contributed by atoms with Crippen LogP contribution in [0, 0.1) is 23.7 Å². The summed E-state index contributed by atoms with van der Waals surface area (Å²) < 4.78 is 0. The van der Waals surface area contributed by atoms with E-state index in [9.17, 15) is 0 Å². The van der Waals surface area contributed by atoms with Gasteiger partial charge < -0.3 is 0 Å². The van der Waals surface area contributed by atoms with Gasteiger partial charge >= 0.3 is 0 Å². The molecule has 0 fully saturated rings. The Hall–Kier alpha value is -6.86. The Morgan fingerprint density at radius 3 is 1.00 bits per heavy atom. The average Bonchev–Trinajstić information content (AvgIpc) is 3.19. The molecule has 0 aliphatic rings. The summed E-state index contributed by atoms with van der Waals surface area (Å²) in [5.74, 6) is 13.3. The monoisotopic (exact) mass is 632 g/mol. The van der Waals surface area contributed by atoms with Crippen molar-refractivity contribution in [3.63, 3.8) is 0 Å². The molecule has 232 valence electrons. The molecule has 8 rings (SSSR count). The lowest BCUT2D eigenvalue weighted by Gasteiger charge is -2.03. The van der Waals surface area contributed by atoms with E-state index in [0.717, 1.165) is 33.4 Å². The summed E-state index contributed by atoms with van der Waals surface area (Å²) in [5, 5.41) is 4.76. The zero-order valence-corrected chi connectivity index (χ0v) is 27.5. The van der Waals surface area contributed by atoms with E-state index in [1.54, 1.807) is 0 Å². The summed E-state index contributed by atoms with van der Waals surface area (Å²) in [6.07, 6.45) is 4.35. The summed E-state index contributed by atoms with van der Waals surface area (Å²) in [5.41, 5.74) is 11.2. The van der Waals surface area contributed by atoms with Gasteiger partial charge in [0.1, 0.15) is 0 Å². The van der Waals surface area contributed by atoms with E-state index in [1.807, 2.05) is 12.1 Å². The van der Waals surface area contributed by atoms with Crippen molar-refractivity contribution < 1.29 is 0 Å². The van der Waals surface area contributed by atoms with Crippen molar-refractivity contribution in [2.45, 2.75) is 0 Å². The Labute approximate surface area is 294 Å². The molecule has 0 heterocycles. The standard InChI is InChI=1S/C50H32/c1-3-7-43(8-4-1)45-25-17-37(18-26-45)11-13-39-21-29-49-35-41(23-31-47(49)33-39)15-16-42-24-32-48-34-40(22-30-50(48)36-42)14-12-38-19-27-46(28-20-38)44-9-5-2-6-10-44/h1-10,15-36H. The molecular weight excluding hydrogens is 601 g/mol. The molecular formula is C50H32. The highest BCUT2D eigenvalue weighted by Crippen LogP contribution is 2.23. The van der Waals surface area contributed by atoms with Crippen LogP contribution >= 0.6 is 0 Å². The van der Waals surface area contributed by atoms with Crippen molar-refractivity contribution in [2.24, 2.45) is 0 Å². The van der Waals surface area contributed by atoms with Crippen LogP contribution in [0.15, 0.2) is 182 Å². The van der Waals surface area contributed by atoms with Gasteiger partial charge in [0.25, 0.3) is 0 Å². The Kier molecular flexibility index (Phi) is 8.59. The highest BCUT2D eigenvalue weighted by Gasteiger charge is 2.01. The van der Waals surface area contributed by atoms with E-state index in [-0.39, 0.29) is 0 Å². The molecule has 0 bridgehead atoms. The van der Waals surface area contributed by atoms with Crippen LogP contribution in [0.25, 0.3) is 56.0 Å². The van der Waals surface area contributed by atoms with Crippen LogP contribution in [-0.2, 0) is 0 Å². The summed E-state index contributed by atoms with van der Waals surface area (Å²) in [6, 6.07) is 63.7. The molecule has 0 nitrogen and oxygen atoms in total. The lowest BCUT2D eigenvalue weighted by atomic mass is 10.0. The summed E-state index contributed by atoms with van der Waals surface area (Å²) in [4.78, 5) is 0. The van der Waals surface area contributed by atoms with E-state index >= 15 is 0 Å². The molecule has 0 spiro atoms. The van der Waals surface area contributed by atoms with Gasteiger partial charge in [-0.1, -0.05) is 157 Å². The second-order valence-electron chi connectivity index (χ2n) is 12.4. The van der Waals surface area contributed by atoms with Gasteiger partial charge in [-0.05, 0) is 116 Å². The molecule has 8 aromatic rings. The third-order valence-corrected chi connectivity index (χ3v) is 8.88. The molecule has 0 radical (unpaired) electrons. The smallest absolute Gasteiger partial charge is 0.0255 e. The largest absolute Gasteiger partial charge is 0.0622 e. The van der Waals surface area contributed by atoms with Crippen LogP contribution < -0.4 is 0 Å². The Morgan fingerprint density at radius 2 is 0.580 bits per heavy atom. The molecule has 8 aromatic carbocycles. The van der Waals surface area contributed by atoms with Crippen molar-refractivity contribution in [1.29, 1.82) is 0 Å². The van der Waals surface area contributed by atoms with Gasteiger partial charge in [-0.3, -0.25) is 0 Å². The molecule has 0 unspecified atom stereocenters. The van der Waals surface area contributed by atoms with Crippen molar-refractivity contribution in [1.82, 2.24) is 0 Å². The van der Waals surface area contributed by atoms with Gasteiger partial charge in [0, 0.05) is 22.3 Å². The third kappa shape index (κ3) is 7.17. The van der Waals surface area contributed by atoms with E-state index in [0.29, 0.717) is 0 Å². The maximum atomic E-state index is 3.34. The topological polar surface area (TPSA) is 0 Å². The fourth-order valence-electron chi connectivity index (χ4n) is 6.13. The van der Waals surface area contributed by atoms with Crippen LogP contribution in [-0.4, -0.2) is 0 Å². The fraction of sp³-hybridized carbons (Fsp3) is 0. The predicted molar refractivity (Wildman–Crippen MR) is 213 cm³/mol. The third-order valence-electron chi connectivity index (χ3n) is 8.88. The van der Waals surface area contributed by atoms with Crippen LogP contribution in [0.5, 0.6) is 0 Å². The molecule has 0 heteroatoms. The van der Waals surface area contributed by atoms with Crippen LogP contribution in [0.2, 0.25) is 0 Å². The molecule has 0 atom stereocenters. The van der Waals surface area contributed by atoms with Gasteiger partial charge in [0.2, 0.25) is 0 Å². The molecule has 0 N–H and O–H groups in total. The molecule has 0 amide bonds. The number of rotatable bonds is 4. The predicted octanol–water partition coefficient (Wildman–Crippen LogP) is 12.3. The molecule has 50 heavy (non-hydrogen) atoms. The maximum Gasteiger partial charge on any atom is 0.0255 e. The Balaban J connectivity index is 0.927. The van der Waals surface area contributed by atoms with Gasteiger partial charge in [0.05, 0.1) is 0 Å². The summed E-state index contributed by atoms with van der Waals surface area (Å²) in [6.45, 7) is 0. The lowest BCUT2D eigenvalue weighted by Crippen LogP contribution is -1.82. The van der Waals surface area contributed by atoms with E-state index < -0.39 is 0 Å². The van der Waals surface area contributed by atoms with Gasteiger partial charge in [-0.15, -0.1) is 0 Å². The molecule has 0 saturated heterocycles. The normalized spacial score (nSPS) is 10.8. The van der Waals surface area contributed by atoms with E-state index in [4.69, 9.17) is 0 Å². The number of benzene rings is 8. The average molecular weight is 633 g/mol. The van der Waals surface area contributed by atoms with Crippen molar-refractivity contribution >= 4 is 33.7 Å². The minimum absolute atomic E-state index is 1.01. The molecule has 0 saturated carbocycles. The first-order chi connectivity index (χ1) is 24.7. The Bertz CT molecular complexity index is 2420. The second kappa shape index (κ2) is 14.1. The number of fused-ring (bicyclic) bond motifs is 2. The van der Waals surface area contributed by atoms with Crippen molar-refractivity contribution in [3.8, 4) is 45.9 Å². The molecule has 0 aromatic heterocycles. The quantitative estimate of drug-likeness (QED) is 0.134. The van der Waals surface area contributed by atoms with Crippen molar-refractivity contribution in [2.75, 3.05) is 0 Å².